The van der Waals surface area contributed by atoms with Gasteiger partial charge in [-0.1, -0.05) is 18.2 Å². The summed E-state index contributed by atoms with van der Waals surface area (Å²) in [7, 11) is 0. The molecule has 0 aliphatic carbocycles. The number of hydrogen-bond acceptors (Lipinski definition) is 4. The number of benzene rings is 1. The normalized spacial score (nSPS) is 10.4. The summed E-state index contributed by atoms with van der Waals surface area (Å²) >= 11 is 0. The summed E-state index contributed by atoms with van der Waals surface area (Å²) in [5, 5.41) is 18.2. The second-order valence-electron chi connectivity index (χ2n) is 3.92. The minimum absolute atomic E-state index is 0.0191. The number of aliphatic carboxylic acids is 1. The van der Waals surface area contributed by atoms with Crippen LogP contribution in [0.4, 0.5) is 0 Å². The SMILES string of the molecule is O=C(O)CCc1cnc(Cc2ccccc2O)o1. The van der Waals surface area contributed by atoms with Gasteiger partial charge in [-0.2, -0.15) is 0 Å². The second kappa shape index (κ2) is 5.35. The molecule has 94 valence electrons. The number of carboxylic acid groups (broad SMARTS) is 1. The standard InChI is InChI=1S/C13H13NO4/c15-11-4-2-1-3-9(11)7-12-14-8-10(18-12)5-6-13(16)17/h1-4,8,15H,5-7H2,(H,16,17). The molecular weight excluding hydrogens is 234 g/mol. The Balaban J connectivity index is 2.02. The van der Waals surface area contributed by atoms with Crippen LogP contribution in [0.1, 0.15) is 23.6 Å². The van der Waals surface area contributed by atoms with Crippen molar-refractivity contribution in [3.05, 3.63) is 47.7 Å². The molecule has 0 aliphatic rings. The fourth-order valence-electron chi connectivity index (χ4n) is 1.60. The number of rotatable bonds is 5. The summed E-state index contributed by atoms with van der Waals surface area (Å²) in [6.07, 6.45) is 2.26. The van der Waals surface area contributed by atoms with Gasteiger partial charge in [0.05, 0.1) is 19.0 Å². The van der Waals surface area contributed by atoms with Crippen molar-refractivity contribution >= 4 is 5.97 Å². The fraction of sp³-hybridized carbons (Fsp3) is 0.231. The largest absolute Gasteiger partial charge is 0.508 e. The highest BCUT2D eigenvalue weighted by Crippen LogP contribution is 2.19. The molecule has 0 saturated carbocycles. The molecule has 2 N–H and O–H groups in total. The zero-order valence-electron chi connectivity index (χ0n) is 9.67. The van der Waals surface area contributed by atoms with Gasteiger partial charge in [0.15, 0.2) is 5.89 Å². The minimum Gasteiger partial charge on any atom is -0.508 e. The molecule has 0 atom stereocenters. The van der Waals surface area contributed by atoms with Gasteiger partial charge in [-0.3, -0.25) is 4.79 Å². The number of phenolic OH excluding ortho intramolecular Hbond substituents is 1. The molecule has 18 heavy (non-hydrogen) atoms. The highest BCUT2D eigenvalue weighted by atomic mass is 16.4. The molecule has 0 amide bonds. The highest BCUT2D eigenvalue weighted by Gasteiger charge is 2.08. The maximum absolute atomic E-state index is 10.4. The first-order chi connectivity index (χ1) is 8.65. The maximum Gasteiger partial charge on any atom is 0.303 e. The van der Waals surface area contributed by atoms with Crippen molar-refractivity contribution in [2.24, 2.45) is 0 Å². The van der Waals surface area contributed by atoms with Gasteiger partial charge in [0, 0.05) is 12.0 Å². The maximum atomic E-state index is 10.4. The van der Waals surface area contributed by atoms with Crippen LogP contribution < -0.4 is 0 Å². The van der Waals surface area contributed by atoms with Crippen LogP contribution in [0.15, 0.2) is 34.9 Å². The topological polar surface area (TPSA) is 83.6 Å². The molecular formula is C13H13NO4. The Morgan fingerprint density at radius 3 is 2.83 bits per heavy atom. The van der Waals surface area contributed by atoms with Crippen LogP contribution in [0.5, 0.6) is 5.75 Å². The van der Waals surface area contributed by atoms with E-state index in [2.05, 4.69) is 4.98 Å². The van der Waals surface area contributed by atoms with E-state index in [1.165, 1.54) is 6.20 Å². The molecule has 0 fully saturated rings. The molecule has 2 rings (SSSR count). The van der Waals surface area contributed by atoms with Crippen LogP contribution in [0, 0.1) is 0 Å². The number of nitrogens with zero attached hydrogens (tertiary/aromatic N) is 1. The third-order valence-corrected chi connectivity index (χ3v) is 2.52. The number of para-hydroxylation sites is 1. The summed E-state index contributed by atoms with van der Waals surface area (Å²) in [5.74, 6) is 0.344. The Bertz CT molecular complexity index is 547. The Labute approximate surface area is 104 Å². The minimum atomic E-state index is -0.867. The summed E-state index contributed by atoms with van der Waals surface area (Å²) in [4.78, 5) is 14.5. The van der Waals surface area contributed by atoms with Gasteiger partial charge in [0.25, 0.3) is 0 Å². The number of phenols is 1. The van der Waals surface area contributed by atoms with Gasteiger partial charge in [-0.15, -0.1) is 0 Å². The smallest absolute Gasteiger partial charge is 0.303 e. The van der Waals surface area contributed by atoms with Crippen molar-refractivity contribution in [3.63, 3.8) is 0 Å². The summed E-state index contributed by atoms with van der Waals surface area (Å²) in [6.45, 7) is 0. The molecule has 0 bridgehead atoms. The zero-order chi connectivity index (χ0) is 13.0. The first kappa shape index (κ1) is 12.2. The Hall–Kier alpha value is -2.30. The van der Waals surface area contributed by atoms with E-state index in [1.807, 2.05) is 6.07 Å². The lowest BCUT2D eigenvalue weighted by molar-refractivity contribution is -0.137. The molecule has 0 aliphatic heterocycles. The molecule has 1 aromatic carbocycles. The van der Waals surface area contributed by atoms with Crippen molar-refractivity contribution in [3.8, 4) is 5.75 Å². The van der Waals surface area contributed by atoms with Crippen molar-refractivity contribution in [1.82, 2.24) is 4.98 Å². The second-order valence-corrected chi connectivity index (χ2v) is 3.92. The number of oxazole rings is 1. The van der Waals surface area contributed by atoms with Crippen LogP contribution in [0.2, 0.25) is 0 Å². The van der Waals surface area contributed by atoms with Gasteiger partial charge in [0.2, 0.25) is 0 Å². The molecule has 1 aromatic heterocycles. The van der Waals surface area contributed by atoms with Crippen molar-refractivity contribution in [2.75, 3.05) is 0 Å². The van der Waals surface area contributed by atoms with E-state index in [9.17, 15) is 9.90 Å². The molecule has 0 spiro atoms. The van der Waals surface area contributed by atoms with E-state index in [4.69, 9.17) is 9.52 Å². The monoisotopic (exact) mass is 247 g/mol. The molecule has 0 radical (unpaired) electrons. The number of aromatic hydroxyl groups is 1. The van der Waals surface area contributed by atoms with E-state index < -0.39 is 5.97 Å². The highest BCUT2D eigenvalue weighted by molar-refractivity contribution is 5.66. The Morgan fingerprint density at radius 1 is 1.33 bits per heavy atom. The average Bonchev–Trinajstić information content (AvgIpc) is 2.77. The van der Waals surface area contributed by atoms with Crippen molar-refractivity contribution < 1.29 is 19.4 Å². The van der Waals surface area contributed by atoms with Gasteiger partial charge in [-0.25, -0.2) is 4.98 Å². The quantitative estimate of drug-likeness (QED) is 0.844. The molecule has 2 aromatic rings. The number of aryl methyl sites for hydroxylation is 1. The Morgan fingerprint density at radius 2 is 2.11 bits per heavy atom. The Kier molecular flexibility index (Phi) is 3.62. The molecule has 5 heteroatoms. The van der Waals surface area contributed by atoms with E-state index in [-0.39, 0.29) is 12.2 Å². The number of aromatic nitrogens is 1. The van der Waals surface area contributed by atoms with Crippen LogP contribution in [0.25, 0.3) is 0 Å². The van der Waals surface area contributed by atoms with Gasteiger partial charge in [0.1, 0.15) is 11.5 Å². The lowest BCUT2D eigenvalue weighted by atomic mass is 10.1. The van der Waals surface area contributed by atoms with Gasteiger partial charge < -0.3 is 14.6 Å². The third-order valence-electron chi connectivity index (χ3n) is 2.52. The van der Waals surface area contributed by atoms with Crippen LogP contribution in [-0.4, -0.2) is 21.2 Å². The molecule has 0 unspecified atom stereocenters. The van der Waals surface area contributed by atoms with E-state index in [0.717, 1.165) is 5.56 Å². The number of carbonyl (C=O) groups is 1. The molecule has 5 nitrogen and oxygen atoms in total. The molecule has 0 saturated heterocycles. The van der Waals surface area contributed by atoms with Crippen molar-refractivity contribution in [1.29, 1.82) is 0 Å². The van der Waals surface area contributed by atoms with E-state index >= 15 is 0 Å². The predicted molar refractivity (Wildman–Crippen MR) is 63.4 cm³/mol. The lowest BCUT2D eigenvalue weighted by Gasteiger charge is -2.00. The number of carboxylic acids is 1. The van der Waals surface area contributed by atoms with Gasteiger partial charge >= 0.3 is 5.97 Å². The first-order valence-electron chi connectivity index (χ1n) is 5.57. The fourth-order valence-corrected chi connectivity index (χ4v) is 1.60. The van der Waals surface area contributed by atoms with E-state index in [0.29, 0.717) is 24.5 Å². The van der Waals surface area contributed by atoms with Gasteiger partial charge in [-0.05, 0) is 6.07 Å². The summed E-state index contributed by atoms with van der Waals surface area (Å²) < 4.78 is 5.41. The summed E-state index contributed by atoms with van der Waals surface area (Å²) in [6, 6.07) is 6.95. The van der Waals surface area contributed by atoms with Crippen LogP contribution in [-0.2, 0) is 17.6 Å². The van der Waals surface area contributed by atoms with Crippen LogP contribution in [0.3, 0.4) is 0 Å². The average molecular weight is 247 g/mol. The van der Waals surface area contributed by atoms with Crippen molar-refractivity contribution in [2.45, 2.75) is 19.3 Å². The van der Waals surface area contributed by atoms with Crippen LogP contribution >= 0.6 is 0 Å². The van der Waals surface area contributed by atoms with E-state index in [1.54, 1.807) is 18.2 Å². The first-order valence-corrected chi connectivity index (χ1v) is 5.57. The third kappa shape index (κ3) is 3.10. The lowest BCUT2D eigenvalue weighted by Crippen LogP contribution is -1.96. The predicted octanol–water partition coefficient (Wildman–Crippen LogP) is 1.99. The number of hydrogen-bond donors (Lipinski definition) is 2. The summed E-state index contributed by atoms with van der Waals surface area (Å²) in [5.41, 5.74) is 0.726. The molecule has 1 heterocycles. The zero-order valence-corrected chi connectivity index (χ0v) is 9.67.